The molecule has 100 valence electrons. The maximum Gasteiger partial charge on any atom is 0.225 e. The van der Waals surface area contributed by atoms with Gasteiger partial charge in [-0.1, -0.05) is 18.2 Å². The highest BCUT2D eigenvalue weighted by atomic mass is 15.2. The van der Waals surface area contributed by atoms with Crippen molar-refractivity contribution < 1.29 is 0 Å². The molecule has 4 nitrogen and oxygen atoms in total. The predicted molar refractivity (Wildman–Crippen MR) is 81.8 cm³/mol. The van der Waals surface area contributed by atoms with Gasteiger partial charge >= 0.3 is 0 Å². The molecule has 0 saturated carbocycles. The number of anilines is 2. The molecule has 0 radical (unpaired) electrons. The summed E-state index contributed by atoms with van der Waals surface area (Å²) in [5, 5.41) is 4.26. The van der Waals surface area contributed by atoms with Crippen LogP contribution in [0.15, 0.2) is 36.9 Å². The fraction of sp³-hybridized carbons (Fsp3) is 0.333. The van der Waals surface area contributed by atoms with Gasteiger partial charge in [-0.15, -0.1) is 6.58 Å². The number of nitrogens with one attached hydrogen (secondary N) is 1. The Kier molecular flexibility index (Phi) is 4.34. The van der Waals surface area contributed by atoms with E-state index in [1.54, 1.807) is 6.08 Å². The molecule has 0 aliphatic heterocycles. The molecule has 0 atom stereocenters. The van der Waals surface area contributed by atoms with Crippen LogP contribution in [0, 0.1) is 0 Å². The van der Waals surface area contributed by atoms with Gasteiger partial charge in [0, 0.05) is 25.0 Å². The number of hydrogen-bond acceptors (Lipinski definition) is 4. The smallest absolute Gasteiger partial charge is 0.225 e. The van der Waals surface area contributed by atoms with E-state index >= 15 is 0 Å². The van der Waals surface area contributed by atoms with Crippen molar-refractivity contribution in [2.75, 3.05) is 29.9 Å². The van der Waals surface area contributed by atoms with Gasteiger partial charge in [-0.05, 0) is 26.0 Å². The van der Waals surface area contributed by atoms with Crippen molar-refractivity contribution in [3.8, 4) is 0 Å². The average Bonchev–Trinajstić information content (AvgIpc) is 2.46. The van der Waals surface area contributed by atoms with E-state index in [1.165, 1.54) is 0 Å². The minimum atomic E-state index is 0.653. The number of nitrogens with zero attached hydrogens (tertiary/aromatic N) is 3. The van der Waals surface area contributed by atoms with Crippen molar-refractivity contribution in [1.29, 1.82) is 0 Å². The van der Waals surface area contributed by atoms with Gasteiger partial charge < -0.3 is 10.2 Å². The second kappa shape index (κ2) is 6.18. The lowest BCUT2D eigenvalue weighted by molar-refractivity contribution is 0.849. The van der Waals surface area contributed by atoms with E-state index in [2.05, 4.69) is 46.7 Å². The highest BCUT2D eigenvalue weighted by Crippen LogP contribution is 2.24. The predicted octanol–water partition coefficient (Wildman–Crippen LogP) is 3.07. The van der Waals surface area contributed by atoms with Crippen LogP contribution in [-0.4, -0.2) is 29.6 Å². The molecule has 1 aromatic heterocycles. The van der Waals surface area contributed by atoms with E-state index in [9.17, 15) is 0 Å². The molecule has 0 aliphatic carbocycles. The largest absolute Gasteiger partial charge is 0.356 e. The van der Waals surface area contributed by atoms with Crippen LogP contribution in [0.1, 0.15) is 13.8 Å². The van der Waals surface area contributed by atoms with Gasteiger partial charge in [0.15, 0.2) is 0 Å². The number of benzene rings is 1. The quantitative estimate of drug-likeness (QED) is 0.806. The van der Waals surface area contributed by atoms with Crippen LogP contribution < -0.4 is 10.2 Å². The molecule has 0 saturated heterocycles. The zero-order valence-electron chi connectivity index (χ0n) is 11.6. The van der Waals surface area contributed by atoms with Crippen LogP contribution in [0.4, 0.5) is 11.8 Å². The van der Waals surface area contributed by atoms with Crippen LogP contribution in [-0.2, 0) is 0 Å². The standard InChI is InChI=1S/C15H20N4/c1-4-11-16-15-17-13-10-8-7-9-12(13)14(18-15)19(5-2)6-3/h4,7-10H,1,5-6,11H2,2-3H3,(H,16,17,18). The Morgan fingerprint density at radius 2 is 1.95 bits per heavy atom. The minimum absolute atomic E-state index is 0.653. The van der Waals surface area contributed by atoms with Crippen LogP contribution in [0.3, 0.4) is 0 Å². The molecule has 0 fully saturated rings. The zero-order chi connectivity index (χ0) is 13.7. The van der Waals surface area contributed by atoms with E-state index in [0.717, 1.165) is 29.8 Å². The molecular formula is C15H20N4. The molecule has 0 spiro atoms. The summed E-state index contributed by atoms with van der Waals surface area (Å²) >= 11 is 0. The summed E-state index contributed by atoms with van der Waals surface area (Å²) < 4.78 is 0. The Morgan fingerprint density at radius 3 is 2.63 bits per heavy atom. The summed E-state index contributed by atoms with van der Waals surface area (Å²) in [6.07, 6.45) is 1.80. The van der Waals surface area contributed by atoms with E-state index in [4.69, 9.17) is 0 Å². The van der Waals surface area contributed by atoms with Gasteiger partial charge in [0.2, 0.25) is 5.95 Å². The topological polar surface area (TPSA) is 41.1 Å². The molecular weight excluding hydrogens is 236 g/mol. The summed E-state index contributed by atoms with van der Waals surface area (Å²) in [6.45, 7) is 10.5. The van der Waals surface area contributed by atoms with Gasteiger partial charge in [0.25, 0.3) is 0 Å². The van der Waals surface area contributed by atoms with Crippen molar-refractivity contribution in [2.24, 2.45) is 0 Å². The number of rotatable bonds is 6. The molecule has 4 heteroatoms. The maximum atomic E-state index is 4.64. The Labute approximate surface area is 114 Å². The Morgan fingerprint density at radius 1 is 1.21 bits per heavy atom. The molecule has 1 aromatic carbocycles. The summed E-state index contributed by atoms with van der Waals surface area (Å²) in [5.41, 5.74) is 0.964. The van der Waals surface area contributed by atoms with E-state index in [1.807, 2.05) is 18.2 Å². The zero-order valence-corrected chi connectivity index (χ0v) is 11.6. The lowest BCUT2D eigenvalue weighted by atomic mass is 10.2. The third-order valence-electron chi connectivity index (χ3n) is 3.05. The Balaban J connectivity index is 2.53. The van der Waals surface area contributed by atoms with Gasteiger partial charge in [-0.3, -0.25) is 0 Å². The van der Waals surface area contributed by atoms with Gasteiger partial charge in [0.1, 0.15) is 5.82 Å². The number of hydrogen-bond donors (Lipinski definition) is 1. The average molecular weight is 256 g/mol. The van der Waals surface area contributed by atoms with Crippen molar-refractivity contribution in [3.63, 3.8) is 0 Å². The van der Waals surface area contributed by atoms with Gasteiger partial charge in [-0.2, -0.15) is 4.98 Å². The molecule has 1 heterocycles. The van der Waals surface area contributed by atoms with E-state index in [0.29, 0.717) is 12.5 Å². The second-order valence-electron chi connectivity index (χ2n) is 4.23. The minimum Gasteiger partial charge on any atom is -0.356 e. The summed E-state index contributed by atoms with van der Waals surface area (Å²) in [4.78, 5) is 11.4. The van der Waals surface area contributed by atoms with E-state index in [-0.39, 0.29) is 0 Å². The van der Waals surface area contributed by atoms with Gasteiger partial charge in [0.05, 0.1) is 5.52 Å². The third-order valence-corrected chi connectivity index (χ3v) is 3.05. The fourth-order valence-corrected chi connectivity index (χ4v) is 2.07. The van der Waals surface area contributed by atoms with Crippen LogP contribution in [0.5, 0.6) is 0 Å². The van der Waals surface area contributed by atoms with Crippen molar-refractivity contribution in [2.45, 2.75) is 13.8 Å². The first kappa shape index (κ1) is 13.3. The van der Waals surface area contributed by atoms with Crippen molar-refractivity contribution in [1.82, 2.24) is 9.97 Å². The summed E-state index contributed by atoms with van der Waals surface area (Å²) in [5.74, 6) is 1.64. The molecule has 0 amide bonds. The number of fused-ring (bicyclic) bond motifs is 1. The van der Waals surface area contributed by atoms with Gasteiger partial charge in [-0.25, -0.2) is 4.98 Å². The first-order valence-corrected chi connectivity index (χ1v) is 6.66. The first-order chi connectivity index (χ1) is 9.30. The lowest BCUT2D eigenvalue weighted by Gasteiger charge is -2.22. The normalized spacial score (nSPS) is 10.4. The maximum absolute atomic E-state index is 4.64. The van der Waals surface area contributed by atoms with Crippen LogP contribution in [0.2, 0.25) is 0 Å². The monoisotopic (exact) mass is 256 g/mol. The highest BCUT2D eigenvalue weighted by molar-refractivity contribution is 5.90. The summed E-state index contributed by atoms with van der Waals surface area (Å²) in [7, 11) is 0. The summed E-state index contributed by atoms with van der Waals surface area (Å²) in [6, 6.07) is 8.11. The number of aromatic nitrogens is 2. The molecule has 0 unspecified atom stereocenters. The van der Waals surface area contributed by atoms with Crippen LogP contribution >= 0.6 is 0 Å². The fourth-order valence-electron chi connectivity index (χ4n) is 2.07. The van der Waals surface area contributed by atoms with Crippen molar-refractivity contribution >= 4 is 22.7 Å². The molecule has 2 aromatic rings. The van der Waals surface area contributed by atoms with Crippen molar-refractivity contribution in [3.05, 3.63) is 36.9 Å². The Hall–Kier alpha value is -2.10. The number of para-hydroxylation sites is 1. The van der Waals surface area contributed by atoms with Crippen LogP contribution in [0.25, 0.3) is 10.9 Å². The third kappa shape index (κ3) is 2.84. The second-order valence-corrected chi connectivity index (χ2v) is 4.23. The molecule has 2 rings (SSSR count). The Bertz CT molecular complexity index is 561. The van der Waals surface area contributed by atoms with E-state index < -0.39 is 0 Å². The molecule has 0 aliphatic rings. The first-order valence-electron chi connectivity index (χ1n) is 6.66. The highest BCUT2D eigenvalue weighted by Gasteiger charge is 2.11. The molecule has 0 bridgehead atoms. The SMILES string of the molecule is C=CCNc1nc(N(CC)CC)c2ccccc2n1. The lowest BCUT2D eigenvalue weighted by Crippen LogP contribution is -2.24. The molecule has 19 heavy (non-hydrogen) atoms. The molecule has 1 N–H and O–H groups in total.